The number of thioether (sulfide) groups is 1. The summed E-state index contributed by atoms with van der Waals surface area (Å²) in [6, 6.07) is 0.812. The second kappa shape index (κ2) is 5.63. The molecule has 0 aliphatic carbocycles. The minimum atomic E-state index is 0. The van der Waals surface area contributed by atoms with Crippen molar-refractivity contribution in [3.8, 4) is 0 Å². The molecular weight excluding hydrogens is 181 g/mol. The van der Waals surface area contributed by atoms with Crippen LogP contribution in [0.2, 0.25) is 0 Å². The fourth-order valence-electron chi connectivity index (χ4n) is 1.80. The first-order chi connectivity index (χ1) is 4.97. The summed E-state index contributed by atoms with van der Waals surface area (Å²) in [5, 5.41) is 4.40. The minimum Gasteiger partial charge on any atom is -0.466 e. The second-order valence-electron chi connectivity index (χ2n) is 3.11. The number of rotatable bonds is 0. The molecule has 58 valence electrons. The Morgan fingerprint density at radius 2 is 2.27 bits per heavy atom. The van der Waals surface area contributed by atoms with E-state index in [2.05, 4.69) is 23.6 Å². The van der Waals surface area contributed by atoms with E-state index < -0.39 is 0 Å². The third-order valence-electron chi connectivity index (χ3n) is 2.37. The second-order valence-corrected chi connectivity index (χ2v) is 4.45. The molecule has 0 bridgehead atoms. The summed E-state index contributed by atoms with van der Waals surface area (Å²) in [6.45, 7) is 2.24. The summed E-state index contributed by atoms with van der Waals surface area (Å²) < 4.78 is 0. The van der Waals surface area contributed by atoms with Crippen molar-refractivity contribution in [1.82, 2.24) is 5.32 Å². The van der Waals surface area contributed by atoms with Gasteiger partial charge < -0.3 is 5.32 Å². The van der Waals surface area contributed by atoms with E-state index in [1.807, 2.05) is 0 Å². The van der Waals surface area contributed by atoms with Gasteiger partial charge in [-0.2, -0.15) is 18.2 Å². The topological polar surface area (TPSA) is 12.0 Å². The molecule has 0 saturated carbocycles. The number of fused-ring (bicyclic) bond motifs is 1. The van der Waals surface area contributed by atoms with Crippen LogP contribution in [0.3, 0.4) is 0 Å². The first-order valence-electron chi connectivity index (χ1n) is 4.16. The van der Waals surface area contributed by atoms with E-state index in [-0.39, 0.29) is 51.4 Å². The van der Waals surface area contributed by atoms with Gasteiger partial charge in [0.25, 0.3) is 0 Å². The first kappa shape index (κ1) is 11.0. The number of nitrogens with one attached hydrogen (secondary N) is 1. The number of piperidine rings is 1. The van der Waals surface area contributed by atoms with Crippen molar-refractivity contribution in [3.63, 3.8) is 0 Å². The Balaban J connectivity index is 0.000000605. The zero-order valence-electron chi connectivity index (χ0n) is 7.18. The van der Waals surface area contributed by atoms with E-state index in [0.717, 1.165) is 11.3 Å². The summed E-state index contributed by atoms with van der Waals surface area (Å²) in [4.78, 5) is 0. The Morgan fingerprint density at radius 3 is 3.09 bits per heavy atom. The summed E-state index contributed by atoms with van der Waals surface area (Å²) in [7, 11) is 0. The largest absolute Gasteiger partial charge is 1.00 e. The zero-order chi connectivity index (χ0) is 6.81. The van der Waals surface area contributed by atoms with Crippen LogP contribution in [0, 0.1) is 6.54 Å². The van der Waals surface area contributed by atoms with Crippen LogP contribution in [0.25, 0.3) is 0 Å². The molecule has 0 aromatic rings. The van der Waals surface area contributed by atoms with Gasteiger partial charge >= 0.3 is 51.4 Å². The molecule has 2 unspecified atom stereocenters. The Labute approximate surface area is 116 Å². The third-order valence-corrected chi connectivity index (χ3v) is 3.88. The molecule has 0 spiro atoms. The fraction of sp³-hybridized carbons (Fsp3) is 0.875. The molecule has 2 heterocycles. The summed E-state index contributed by atoms with van der Waals surface area (Å²) >= 11 is 2.16. The van der Waals surface area contributed by atoms with E-state index in [9.17, 15) is 0 Å². The fourth-order valence-corrected chi connectivity index (χ4v) is 3.18. The molecule has 1 N–H and O–H groups in total. The van der Waals surface area contributed by atoms with Crippen LogP contribution in [0.15, 0.2) is 0 Å². The third kappa shape index (κ3) is 2.97. The van der Waals surface area contributed by atoms with E-state index >= 15 is 0 Å². The van der Waals surface area contributed by atoms with Crippen LogP contribution in [-0.4, -0.2) is 17.0 Å². The van der Waals surface area contributed by atoms with E-state index in [4.69, 9.17) is 0 Å². The van der Waals surface area contributed by atoms with Gasteiger partial charge in [0, 0.05) is 5.25 Å². The molecule has 11 heavy (non-hydrogen) atoms. The summed E-state index contributed by atoms with van der Waals surface area (Å²) in [6.07, 6.45) is 5.48. The van der Waals surface area contributed by atoms with Crippen LogP contribution >= 0.6 is 11.8 Å². The molecule has 2 rings (SSSR count). The van der Waals surface area contributed by atoms with Gasteiger partial charge in [0.15, 0.2) is 0 Å². The van der Waals surface area contributed by atoms with Crippen LogP contribution in [0.5, 0.6) is 0 Å². The predicted octanol–water partition coefficient (Wildman–Crippen LogP) is -1.20. The van der Waals surface area contributed by atoms with Gasteiger partial charge in [-0.15, -0.1) is 0 Å². The maximum absolute atomic E-state index is 3.48. The number of hydrogen-bond donors (Lipinski definition) is 1. The van der Waals surface area contributed by atoms with Crippen molar-refractivity contribution in [3.05, 3.63) is 6.54 Å². The van der Waals surface area contributed by atoms with Crippen molar-refractivity contribution < 1.29 is 51.4 Å². The van der Waals surface area contributed by atoms with Gasteiger partial charge in [-0.1, -0.05) is 6.42 Å². The van der Waals surface area contributed by atoms with Crippen LogP contribution in [0.4, 0.5) is 0 Å². The molecule has 2 fully saturated rings. The van der Waals surface area contributed by atoms with Crippen molar-refractivity contribution in [1.29, 1.82) is 0 Å². The molecule has 0 aromatic heterocycles. The van der Waals surface area contributed by atoms with Crippen LogP contribution < -0.4 is 56.7 Å². The van der Waals surface area contributed by atoms with Gasteiger partial charge in [-0.3, -0.25) is 6.54 Å². The average Bonchev–Trinajstić information content (AvgIpc) is 2.05. The van der Waals surface area contributed by atoms with E-state index in [1.165, 1.54) is 31.4 Å². The van der Waals surface area contributed by atoms with Crippen molar-refractivity contribution in [2.24, 2.45) is 0 Å². The molecule has 2 aliphatic heterocycles. The summed E-state index contributed by atoms with van der Waals surface area (Å²) in [5.41, 5.74) is 0. The normalized spacial score (nSPS) is 37.1. The first-order valence-corrected chi connectivity index (χ1v) is 5.21. The van der Waals surface area contributed by atoms with Gasteiger partial charge in [0.1, 0.15) is 0 Å². The van der Waals surface area contributed by atoms with Crippen molar-refractivity contribution in [2.45, 2.75) is 37.0 Å². The van der Waals surface area contributed by atoms with Gasteiger partial charge in [0.2, 0.25) is 0 Å². The summed E-state index contributed by atoms with van der Waals surface area (Å²) in [5.74, 6) is 1.39. The minimum absolute atomic E-state index is 0. The van der Waals surface area contributed by atoms with Crippen LogP contribution in [0.1, 0.15) is 25.7 Å². The molecule has 3 heteroatoms. The average molecular weight is 195 g/mol. The molecule has 2 aliphatic rings. The maximum atomic E-state index is 3.48. The Hall–Kier alpha value is 1.95. The van der Waals surface area contributed by atoms with Gasteiger partial charge in [0.05, 0.1) is 0 Å². The van der Waals surface area contributed by atoms with Crippen LogP contribution in [-0.2, 0) is 0 Å². The van der Waals surface area contributed by atoms with Gasteiger partial charge in [-0.05, 0) is 24.6 Å². The molecule has 0 amide bonds. The zero-order valence-corrected chi connectivity index (χ0v) is 11.1. The SMILES string of the molecule is [CH-]1CCC2SCCCC2N1.[K+]. The molecule has 1 nitrogen and oxygen atoms in total. The van der Waals surface area contributed by atoms with Crippen molar-refractivity contribution in [2.75, 3.05) is 5.75 Å². The molecular formula is C8H14KNS. The molecule has 2 atom stereocenters. The Morgan fingerprint density at radius 1 is 1.36 bits per heavy atom. The Bertz CT molecular complexity index is 94.7. The Kier molecular flexibility index (Phi) is 5.64. The standard InChI is InChI=1S/C8H14NS.K/c1-4-8-7(9-5-1)3-2-6-10-8;/h5,7-9H,1-4,6H2;/q-1;+1. The number of hydrogen-bond acceptors (Lipinski definition) is 2. The van der Waals surface area contributed by atoms with E-state index in [0.29, 0.717) is 0 Å². The maximum Gasteiger partial charge on any atom is 1.00 e. The van der Waals surface area contributed by atoms with Crippen molar-refractivity contribution >= 4 is 11.8 Å². The molecule has 0 aromatic carbocycles. The molecule has 2 saturated heterocycles. The quantitative estimate of drug-likeness (QED) is 0.385. The predicted molar refractivity (Wildman–Crippen MR) is 45.9 cm³/mol. The van der Waals surface area contributed by atoms with E-state index in [1.54, 1.807) is 0 Å². The molecule has 0 radical (unpaired) electrons. The smallest absolute Gasteiger partial charge is 0.466 e. The monoisotopic (exact) mass is 195 g/mol. The van der Waals surface area contributed by atoms with Gasteiger partial charge in [-0.25, -0.2) is 0 Å².